The average molecular weight is 413 g/mol. The zero-order valence-electron chi connectivity index (χ0n) is 15.4. The summed E-state index contributed by atoms with van der Waals surface area (Å²) >= 11 is 1.70. The first-order valence-corrected chi connectivity index (χ1v) is 10.3. The number of nitrogens with two attached hydrogens (primary N) is 1. The molecule has 5 nitrogen and oxygen atoms in total. The maximum atomic E-state index is 13.5. The van der Waals surface area contributed by atoms with Crippen LogP contribution >= 0.6 is 24.2 Å². The molecule has 1 aromatic carbocycles. The lowest BCUT2D eigenvalue weighted by atomic mass is 9.89. The first-order valence-electron chi connectivity index (χ1n) is 8.92. The fourth-order valence-corrected chi connectivity index (χ4v) is 3.97. The van der Waals surface area contributed by atoms with E-state index in [-0.39, 0.29) is 30.0 Å². The van der Waals surface area contributed by atoms with Gasteiger partial charge in [-0.25, -0.2) is 4.39 Å². The number of aromatic nitrogens is 2. The molecule has 0 aliphatic carbocycles. The minimum absolute atomic E-state index is 0. The number of benzene rings is 1. The number of rotatable bonds is 6. The maximum Gasteiger partial charge on any atom is 0.239 e. The Balaban J connectivity index is 0.00000261. The normalized spacial score (nSPS) is 16.0. The van der Waals surface area contributed by atoms with Crippen LogP contribution in [-0.2, 0) is 4.79 Å². The third-order valence-electron chi connectivity index (χ3n) is 4.97. The van der Waals surface area contributed by atoms with Gasteiger partial charge in [-0.15, -0.1) is 12.4 Å². The van der Waals surface area contributed by atoms with Gasteiger partial charge in [-0.1, -0.05) is 12.1 Å². The van der Waals surface area contributed by atoms with Gasteiger partial charge in [0, 0.05) is 30.3 Å². The van der Waals surface area contributed by atoms with Gasteiger partial charge in [0.05, 0.1) is 12.2 Å². The molecule has 1 fully saturated rings. The number of carbonyl (C=O) groups is 1. The Kier molecular flexibility index (Phi) is 8.13. The van der Waals surface area contributed by atoms with Crippen molar-refractivity contribution in [3.05, 3.63) is 42.0 Å². The van der Waals surface area contributed by atoms with Crippen LogP contribution in [0.25, 0.3) is 11.1 Å². The minimum Gasteiger partial charge on any atom is -0.341 e. The van der Waals surface area contributed by atoms with E-state index < -0.39 is 6.04 Å². The largest absolute Gasteiger partial charge is 0.341 e. The van der Waals surface area contributed by atoms with Crippen LogP contribution in [0.5, 0.6) is 0 Å². The topological polar surface area (TPSA) is 75.0 Å². The molecule has 0 bridgehead atoms. The second-order valence-electron chi connectivity index (χ2n) is 6.70. The number of thioether (sulfide) groups is 1. The summed E-state index contributed by atoms with van der Waals surface area (Å²) in [6, 6.07) is 6.15. The molecule has 0 unspecified atom stereocenters. The quantitative estimate of drug-likeness (QED) is 0.762. The van der Waals surface area contributed by atoms with E-state index in [4.69, 9.17) is 5.73 Å². The molecule has 3 rings (SSSR count). The van der Waals surface area contributed by atoms with E-state index in [1.54, 1.807) is 24.0 Å². The summed E-state index contributed by atoms with van der Waals surface area (Å²) in [7, 11) is 0. The van der Waals surface area contributed by atoms with E-state index in [0.29, 0.717) is 19.5 Å². The Morgan fingerprint density at radius 3 is 2.85 bits per heavy atom. The molecule has 0 radical (unpaired) electrons. The van der Waals surface area contributed by atoms with Gasteiger partial charge in [0.15, 0.2) is 0 Å². The van der Waals surface area contributed by atoms with Crippen molar-refractivity contribution < 1.29 is 9.18 Å². The molecular formula is C19H26ClFN4OS. The third kappa shape index (κ3) is 5.24. The number of aromatic amines is 1. The second-order valence-corrected chi connectivity index (χ2v) is 7.68. The summed E-state index contributed by atoms with van der Waals surface area (Å²) in [5.74, 6) is 0.970. The summed E-state index contributed by atoms with van der Waals surface area (Å²) in [4.78, 5) is 14.3. The molecule has 3 N–H and O–H groups in total. The third-order valence-corrected chi connectivity index (χ3v) is 5.61. The van der Waals surface area contributed by atoms with Crippen LogP contribution in [0, 0.1) is 5.82 Å². The fraction of sp³-hybridized carbons (Fsp3) is 0.474. The molecule has 1 aliphatic heterocycles. The van der Waals surface area contributed by atoms with Gasteiger partial charge in [0.25, 0.3) is 0 Å². The van der Waals surface area contributed by atoms with Crippen molar-refractivity contribution in [3.63, 3.8) is 0 Å². The Morgan fingerprint density at radius 1 is 1.44 bits per heavy atom. The van der Waals surface area contributed by atoms with E-state index in [2.05, 4.69) is 10.2 Å². The predicted molar refractivity (Wildman–Crippen MR) is 111 cm³/mol. The number of nitrogens with zero attached hydrogens (tertiary/aromatic N) is 2. The molecule has 2 heterocycles. The van der Waals surface area contributed by atoms with Crippen molar-refractivity contribution in [1.29, 1.82) is 0 Å². The highest BCUT2D eigenvalue weighted by Crippen LogP contribution is 2.34. The first kappa shape index (κ1) is 21.7. The van der Waals surface area contributed by atoms with Gasteiger partial charge in [0.1, 0.15) is 5.82 Å². The van der Waals surface area contributed by atoms with E-state index in [9.17, 15) is 9.18 Å². The van der Waals surface area contributed by atoms with Crippen molar-refractivity contribution >= 4 is 30.1 Å². The zero-order valence-corrected chi connectivity index (χ0v) is 17.0. The van der Waals surface area contributed by atoms with Gasteiger partial charge in [0.2, 0.25) is 5.91 Å². The van der Waals surface area contributed by atoms with Crippen LogP contribution in [0.4, 0.5) is 4.39 Å². The molecule has 8 heteroatoms. The number of H-pyrrole nitrogens is 1. The van der Waals surface area contributed by atoms with Gasteiger partial charge >= 0.3 is 0 Å². The van der Waals surface area contributed by atoms with Gasteiger partial charge in [-0.3, -0.25) is 9.89 Å². The van der Waals surface area contributed by atoms with Crippen LogP contribution in [0.15, 0.2) is 30.5 Å². The Labute approximate surface area is 169 Å². The summed E-state index contributed by atoms with van der Waals surface area (Å²) in [5, 5.41) is 7.25. The highest BCUT2D eigenvalue weighted by atomic mass is 35.5. The van der Waals surface area contributed by atoms with E-state index in [0.717, 1.165) is 35.4 Å². The van der Waals surface area contributed by atoms with Crippen molar-refractivity contribution in [2.75, 3.05) is 25.1 Å². The summed E-state index contributed by atoms with van der Waals surface area (Å²) in [6.07, 6.45) is 6.18. The molecule has 148 valence electrons. The maximum absolute atomic E-state index is 13.5. The number of hydrogen-bond acceptors (Lipinski definition) is 4. The number of nitrogens with one attached hydrogen (secondary N) is 1. The van der Waals surface area contributed by atoms with Crippen LogP contribution in [0.3, 0.4) is 0 Å². The summed E-state index contributed by atoms with van der Waals surface area (Å²) in [5.41, 5.74) is 8.81. The lowest BCUT2D eigenvalue weighted by Crippen LogP contribution is -2.47. The molecule has 2 aromatic rings. The number of carbonyl (C=O) groups excluding carboxylic acids is 1. The molecular weight excluding hydrogens is 387 g/mol. The second kappa shape index (κ2) is 10.1. The van der Waals surface area contributed by atoms with Crippen molar-refractivity contribution in [2.24, 2.45) is 5.73 Å². The first-order chi connectivity index (χ1) is 12.6. The molecule has 0 spiro atoms. The van der Waals surface area contributed by atoms with Gasteiger partial charge in [-0.2, -0.15) is 16.9 Å². The number of halogens is 2. The molecule has 1 saturated heterocycles. The van der Waals surface area contributed by atoms with E-state index >= 15 is 0 Å². The minimum atomic E-state index is -0.408. The SMILES string of the molecule is CSCC[C@H](N)C(=O)N1CCC(c2[nH]ncc2-c2cccc(F)c2)CC1.Cl. The molecule has 27 heavy (non-hydrogen) atoms. The lowest BCUT2D eigenvalue weighted by Gasteiger charge is -2.33. The highest BCUT2D eigenvalue weighted by Gasteiger charge is 2.28. The molecule has 0 saturated carbocycles. The summed E-state index contributed by atoms with van der Waals surface area (Å²) in [6.45, 7) is 1.39. The fourth-order valence-electron chi connectivity index (χ4n) is 3.48. The van der Waals surface area contributed by atoms with Crippen LogP contribution in [0.1, 0.15) is 30.9 Å². The lowest BCUT2D eigenvalue weighted by molar-refractivity contribution is -0.133. The number of likely N-dealkylation sites (tertiary alicyclic amines) is 1. The van der Waals surface area contributed by atoms with Crippen molar-refractivity contribution in [1.82, 2.24) is 15.1 Å². The molecule has 1 atom stereocenters. The van der Waals surface area contributed by atoms with Crippen molar-refractivity contribution in [2.45, 2.75) is 31.2 Å². The molecule has 1 aromatic heterocycles. The molecule has 1 amide bonds. The Bertz CT molecular complexity index is 749. The van der Waals surface area contributed by atoms with Crippen molar-refractivity contribution in [3.8, 4) is 11.1 Å². The number of hydrogen-bond donors (Lipinski definition) is 2. The van der Waals surface area contributed by atoms with Gasteiger partial charge in [-0.05, 0) is 49.0 Å². The standard InChI is InChI=1S/C19H25FN4OS.ClH/c1-26-10-7-17(21)19(25)24-8-5-13(6-9-24)18-16(12-22-23-18)14-3-2-4-15(20)11-14;/h2-4,11-13,17H,5-10,21H2,1H3,(H,22,23);1H/t17-;/m0./s1. The Hall–Kier alpha value is -1.57. The molecule has 1 aliphatic rings. The van der Waals surface area contributed by atoms with Crippen LogP contribution in [0.2, 0.25) is 0 Å². The Morgan fingerprint density at radius 2 is 2.19 bits per heavy atom. The average Bonchev–Trinajstić information content (AvgIpc) is 3.15. The van der Waals surface area contributed by atoms with E-state index in [1.807, 2.05) is 17.2 Å². The van der Waals surface area contributed by atoms with Crippen LogP contribution in [-0.4, -0.2) is 52.1 Å². The number of piperidine rings is 1. The summed E-state index contributed by atoms with van der Waals surface area (Å²) < 4.78 is 13.5. The zero-order chi connectivity index (χ0) is 18.5. The van der Waals surface area contributed by atoms with Crippen LogP contribution < -0.4 is 5.73 Å². The monoisotopic (exact) mass is 412 g/mol. The van der Waals surface area contributed by atoms with Gasteiger partial charge < -0.3 is 10.6 Å². The van der Waals surface area contributed by atoms with E-state index in [1.165, 1.54) is 12.1 Å². The predicted octanol–water partition coefficient (Wildman–Crippen LogP) is 3.42. The number of amides is 1. The smallest absolute Gasteiger partial charge is 0.239 e. The highest BCUT2D eigenvalue weighted by molar-refractivity contribution is 7.98.